The summed E-state index contributed by atoms with van der Waals surface area (Å²) >= 11 is 0. The summed E-state index contributed by atoms with van der Waals surface area (Å²) in [4.78, 5) is 12.0. The monoisotopic (exact) mass is 291 g/mol. The predicted octanol–water partition coefficient (Wildman–Crippen LogP) is 2.30. The van der Waals surface area contributed by atoms with Gasteiger partial charge >= 0.3 is 0 Å². The topological polar surface area (TPSA) is 49.3 Å². The molecular weight excluding hydrogens is 276 g/mol. The molecule has 0 radical (unpaired) electrons. The average Bonchev–Trinajstić information content (AvgIpc) is 2.47. The zero-order valence-corrected chi connectivity index (χ0v) is 11.2. The van der Waals surface area contributed by atoms with Gasteiger partial charge in [-0.15, -0.1) is 0 Å². The minimum absolute atomic E-state index is 0.247. The number of hydrogen-bond donors (Lipinski definition) is 2. The fourth-order valence-corrected chi connectivity index (χ4v) is 2.00. The first-order valence-corrected chi connectivity index (χ1v) is 6.51. The van der Waals surface area contributed by atoms with E-state index in [0.29, 0.717) is 12.5 Å². The Balaban J connectivity index is 2.06. The number of benzene rings is 2. The molecule has 110 valence electrons. The Labute approximate surface area is 121 Å². The fourth-order valence-electron chi connectivity index (χ4n) is 2.00. The Bertz CT molecular complexity index is 617. The second-order valence-corrected chi connectivity index (χ2v) is 4.67. The van der Waals surface area contributed by atoms with Crippen molar-refractivity contribution in [2.75, 3.05) is 6.61 Å². The van der Waals surface area contributed by atoms with Gasteiger partial charge in [-0.05, 0) is 24.1 Å². The van der Waals surface area contributed by atoms with Gasteiger partial charge in [-0.25, -0.2) is 8.78 Å². The van der Waals surface area contributed by atoms with Crippen molar-refractivity contribution in [2.24, 2.45) is 0 Å². The Kier molecular flexibility index (Phi) is 5.00. The van der Waals surface area contributed by atoms with Crippen LogP contribution in [0.3, 0.4) is 0 Å². The van der Waals surface area contributed by atoms with Crippen LogP contribution < -0.4 is 5.32 Å². The highest BCUT2D eigenvalue weighted by molar-refractivity contribution is 5.94. The van der Waals surface area contributed by atoms with E-state index < -0.39 is 23.6 Å². The standard InChI is InChI=1S/C16H15F2NO2/c17-12-6-7-14(15(18)9-12)16(21)19-13(10-20)8-11-4-2-1-3-5-11/h1-7,9,13,20H,8,10H2,(H,19,21)/t13-/m0/s1. The Hall–Kier alpha value is -2.27. The molecule has 0 aliphatic carbocycles. The summed E-state index contributed by atoms with van der Waals surface area (Å²) in [5.74, 6) is -2.35. The van der Waals surface area contributed by atoms with Crippen molar-refractivity contribution in [3.8, 4) is 0 Å². The van der Waals surface area contributed by atoms with E-state index in [4.69, 9.17) is 0 Å². The summed E-state index contributed by atoms with van der Waals surface area (Å²) < 4.78 is 26.3. The molecule has 0 spiro atoms. The van der Waals surface area contributed by atoms with E-state index >= 15 is 0 Å². The number of rotatable bonds is 5. The van der Waals surface area contributed by atoms with Crippen LogP contribution in [0, 0.1) is 11.6 Å². The summed E-state index contributed by atoms with van der Waals surface area (Å²) in [6, 6.07) is 11.5. The lowest BCUT2D eigenvalue weighted by molar-refractivity contribution is 0.0912. The van der Waals surface area contributed by atoms with E-state index in [2.05, 4.69) is 5.32 Å². The van der Waals surface area contributed by atoms with Gasteiger partial charge in [0.05, 0.1) is 18.2 Å². The molecule has 2 aromatic carbocycles. The molecule has 2 rings (SSSR count). The van der Waals surface area contributed by atoms with Gasteiger partial charge < -0.3 is 10.4 Å². The Morgan fingerprint density at radius 3 is 2.48 bits per heavy atom. The third-order valence-electron chi connectivity index (χ3n) is 3.06. The van der Waals surface area contributed by atoms with Gasteiger partial charge in [0.1, 0.15) is 11.6 Å². The highest BCUT2D eigenvalue weighted by atomic mass is 19.1. The summed E-state index contributed by atoms with van der Waals surface area (Å²) in [6.45, 7) is -0.274. The second-order valence-electron chi connectivity index (χ2n) is 4.67. The molecule has 3 nitrogen and oxygen atoms in total. The van der Waals surface area contributed by atoms with Gasteiger partial charge in [-0.2, -0.15) is 0 Å². The lowest BCUT2D eigenvalue weighted by atomic mass is 10.1. The highest BCUT2D eigenvalue weighted by Crippen LogP contribution is 2.10. The molecule has 0 bridgehead atoms. The molecule has 0 fully saturated rings. The lowest BCUT2D eigenvalue weighted by Crippen LogP contribution is -2.39. The average molecular weight is 291 g/mol. The van der Waals surface area contributed by atoms with E-state index in [1.807, 2.05) is 30.3 Å². The van der Waals surface area contributed by atoms with Crippen LogP contribution in [-0.4, -0.2) is 23.7 Å². The molecule has 1 atom stereocenters. The normalized spacial score (nSPS) is 12.0. The van der Waals surface area contributed by atoms with Gasteiger partial charge in [-0.1, -0.05) is 30.3 Å². The molecule has 0 aromatic heterocycles. The molecule has 0 heterocycles. The van der Waals surface area contributed by atoms with Gasteiger partial charge in [0, 0.05) is 6.07 Å². The van der Waals surface area contributed by atoms with Gasteiger partial charge in [0.2, 0.25) is 0 Å². The van der Waals surface area contributed by atoms with Gasteiger partial charge in [0.15, 0.2) is 0 Å². The van der Waals surface area contributed by atoms with Gasteiger partial charge in [0.25, 0.3) is 5.91 Å². The Morgan fingerprint density at radius 2 is 1.86 bits per heavy atom. The second kappa shape index (κ2) is 6.95. The van der Waals surface area contributed by atoms with Crippen LogP contribution in [0.4, 0.5) is 8.78 Å². The van der Waals surface area contributed by atoms with Crippen LogP contribution in [0.15, 0.2) is 48.5 Å². The number of amides is 1. The van der Waals surface area contributed by atoms with E-state index in [1.54, 1.807) is 0 Å². The number of nitrogens with one attached hydrogen (secondary N) is 1. The van der Waals surface area contributed by atoms with Crippen LogP contribution in [0.2, 0.25) is 0 Å². The number of hydrogen-bond acceptors (Lipinski definition) is 2. The molecule has 1 amide bonds. The van der Waals surface area contributed by atoms with Crippen molar-refractivity contribution in [1.29, 1.82) is 0 Å². The molecule has 0 aliphatic heterocycles. The van der Waals surface area contributed by atoms with Crippen molar-refractivity contribution in [1.82, 2.24) is 5.32 Å². The molecule has 0 unspecified atom stereocenters. The fraction of sp³-hybridized carbons (Fsp3) is 0.188. The van der Waals surface area contributed by atoms with Crippen molar-refractivity contribution in [3.05, 3.63) is 71.3 Å². The molecule has 21 heavy (non-hydrogen) atoms. The number of halogens is 2. The smallest absolute Gasteiger partial charge is 0.254 e. The summed E-state index contributed by atoms with van der Waals surface area (Å²) in [7, 11) is 0. The lowest BCUT2D eigenvalue weighted by Gasteiger charge is -2.16. The molecule has 2 N–H and O–H groups in total. The molecule has 5 heteroatoms. The maximum Gasteiger partial charge on any atom is 0.254 e. The minimum Gasteiger partial charge on any atom is -0.394 e. The molecular formula is C16H15F2NO2. The van der Waals surface area contributed by atoms with Crippen molar-refractivity contribution >= 4 is 5.91 Å². The van der Waals surface area contributed by atoms with Crippen LogP contribution in [0.5, 0.6) is 0 Å². The third-order valence-corrected chi connectivity index (χ3v) is 3.06. The zero-order valence-electron chi connectivity index (χ0n) is 11.2. The van der Waals surface area contributed by atoms with Gasteiger partial charge in [-0.3, -0.25) is 4.79 Å². The minimum atomic E-state index is -0.927. The van der Waals surface area contributed by atoms with E-state index in [9.17, 15) is 18.7 Å². The number of aliphatic hydroxyl groups excluding tert-OH is 1. The quantitative estimate of drug-likeness (QED) is 0.888. The van der Waals surface area contributed by atoms with Crippen molar-refractivity contribution in [3.63, 3.8) is 0 Å². The van der Waals surface area contributed by atoms with Crippen LogP contribution in [0.1, 0.15) is 15.9 Å². The molecule has 0 saturated carbocycles. The maximum atomic E-state index is 13.5. The first kappa shape index (κ1) is 15.1. The third kappa shape index (κ3) is 4.10. The largest absolute Gasteiger partial charge is 0.394 e. The SMILES string of the molecule is O=C(N[C@H](CO)Cc1ccccc1)c1ccc(F)cc1F. The van der Waals surface area contributed by atoms with E-state index in [0.717, 1.165) is 17.7 Å². The first-order chi connectivity index (χ1) is 10.1. The molecule has 0 aliphatic rings. The van der Waals surface area contributed by atoms with Crippen molar-refractivity contribution < 1.29 is 18.7 Å². The zero-order chi connectivity index (χ0) is 15.2. The molecule has 0 saturated heterocycles. The summed E-state index contributed by atoms with van der Waals surface area (Å²) in [6.07, 6.45) is 0.423. The van der Waals surface area contributed by atoms with Crippen molar-refractivity contribution in [2.45, 2.75) is 12.5 Å². The maximum absolute atomic E-state index is 13.5. The first-order valence-electron chi connectivity index (χ1n) is 6.51. The van der Waals surface area contributed by atoms with Crippen LogP contribution in [0.25, 0.3) is 0 Å². The molecule has 2 aromatic rings. The highest BCUT2D eigenvalue weighted by Gasteiger charge is 2.17. The van der Waals surface area contributed by atoms with E-state index in [-0.39, 0.29) is 12.2 Å². The predicted molar refractivity (Wildman–Crippen MR) is 74.8 cm³/mol. The summed E-state index contributed by atoms with van der Waals surface area (Å²) in [5, 5.41) is 11.9. The van der Waals surface area contributed by atoms with Crippen LogP contribution >= 0.6 is 0 Å². The van der Waals surface area contributed by atoms with Crippen LogP contribution in [-0.2, 0) is 6.42 Å². The Morgan fingerprint density at radius 1 is 1.14 bits per heavy atom. The number of aliphatic hydroxyl groups is 1. The number of carbonyl (C=O) groups is 1. The summed E-state index contributed by atoms with van der Waals surface area (Å²) in [5.41, 5.74) is 0.694. The number of carbonyl (C=O) groups excluding carboxylic acids is 1. The van der Waals surface area contributed by atoms with E-state index in [1.165, 1.54) is 0 Å².